The molecular weight excluding hydrogens is 311 g/mol. The third-order valence-corrected chi connectivity index (χ3v) is 3.24. The van der Waals surface area contributed by atoms with Gasteiger partial charge in [0, 0.05) is 17.8 Å². The highest BCUT2D eigenvalue weighted by atomic mass is 79.9. The molecule has 0 aliphatic rings. The van der Waals surface area contributed by atoms with E-state index in [2.05, 4.69) is 21.2 Å². The zero-order chi connectivity index (χ0) is 13.8. The number of halogens is 2. The average molecular weight is 323 g/mol. The fourth-order valence-corrected chi connectivity index (χ4v) is 1.95. The molecule has 5 heteroatoms. The molecular formula is C14H12BrFN2O. The van der Waals surface area contributed by atoms with Gasteiger partial charge >= 0.3 is 0 Å². The molecule has 0 aliphatic carbocycles. The first-order chi connectivity index (χ1) is 9.10. The third kappa shape index (κ3) is 3.39. The van der Waals surface area contributed by atoms with Gasteiger partial charge in [-0.25, -0.2) is 4.39 Å². The topological polar surface area (TPSA) is 55.1 Å². The van der Waals surface area contributed by atoms with Gasteiger partial charge in [0.25, 0.3) is 5.91 Å². The van der Waals surface area contributed by atoms with E-state index in [1.807, 2.05) is 0 Å². The van der Waals surface area contributed by atoms with Gasteiger partial charge in [0.1, 0.15) is 5.82 Å². The lowest BCUT2D eigenvalue weighted by Crippen LogP contribution is -2.12. The number of hydrogen-bond donors (Lipinski definition) is 2. The van der Waals surface area contributed by atoms with Crippen LogP contribution in [0, 0.1) is 5.82 Å². The SMILES string of the molecule is NCc1ccc(C(=O)Nc2ccc(F)c(Br)c2)cc1. The van der Waals surface area contributed by atoms with E-state index in [1.165, 1.54) is 18.2 Å². The molecule has 0 bridgehead atoms. The quantitative estimate of drug-likeness (QED) is 0.911. The van der Waals surface area contributed by atoms with Crippen molar-refractivity contribution < 1.29 is 9.18 Å². The molecule has 0 unspecified atom stereocenters. The minimum atomic E-state index is -0.370. The maximum absolute atomic E-state index is 13.1. The summed E-state index contributed by atoms with van der Waals surface area (Å²) in [6.45, 7) is 0.437. The summed E-state index contributed by atoms with van der Waals surface area (Å²) in [6.07, 6.45) is 0. The molecule has 0 atom stereocenters. The minimum Gasteiger partial charge on any atom is -0.326 e. The predicted octanol–water partition coefficient (Wildman–Crippen LogP) is 3.30. The van der Waals surface area contributed by atoms with Crippen molar-refractivity contribution >= 4 is 27.5 Å². The molecule has 0 heterocycles. The van der Waals surface area contributed by atoms with Crippen molar-refractivity contribution in [3.63, 3.8) is 0 Å². The lowest BCUT2D eigenvalue weighted by Gasteiger charge is -2.06. The highest BCUT2D eigenvalue weighted by Gasteiger charge is 2.07. The van der Waals surface area contributed by atoms with E-state index in [0.29, 0.717) is 22.3 Å². The van der Waals surface area contributed by atoms with Gasteiger partial charge < -0.3 is 11.1 Å². The molecule has 0 fully saturated rings. The molecule has 0 saturated heterocycles. The van der Waals surface area contributed by atoms with E-state index in [-0.39, 0.29) is 11.7 Å². The van der Waals surface area contributed by atoms with Crippen LogP contribution in [-0.4, -0.2) is 5.91 Å². The van der Waals surface area contributed by atoms with Crippen LogP contribution in [0.25, 0.3) is 0 Å². The van der Waals surface area contributed by atoms with E-state index in [1.54, 1.807) is 24.3 Å². The largest absolute Gasteiger partial charge is 0.326 e. The summed E-state index contributed by atoms with van der Waals surface area (Å²) in [5.41, 5.74) is 7.50. The number of nitrogens with one attached hydrogen (secondary N) is 1. The molecule has 0 saturated carbocycles. The number of carbonyl (C=O) groups excluding carboxylic acids is 1. The molecule has 0 aromatic heterocycles. The van der Waals surface area contributed by atoms with Gasteiger partial charge in [-0.15, -0.1) is 0 Å². The number of hydrogen-bond acceptors (Lipinski definition) is 2. The smallest absolute Gasteiger partial charge is 0.255 e. The summed E-state index contributed by atoms with van der Waals surface area (Å²) in [5, 5.41) is 2.70. The number of rotatable bonds is 3. The Balaban J connectivity index is 2.13. The van der Waals surface area contributed by atoms with Crippen LogP contribution >= 0.6 is 15.9 Å². The standard InChI is InChI=1S/C14H12BrFN2O/c15-12-7-11(5-6-13(12)16)18-14(19)10-3-1-9(8-17)2-4-10/h1-7H,8,17H2,(H,18,19). The Bertz CT molecular complexity index is 599. The van der Waals surface area contributed by atoms with Crippen LogP contribution in [-0.2, 0) is 6.54 Å². The summed E-state index contributed by atoms with van der Waals surface area (Å²) in [4.78, 5) is 12.0. The van der Waals surface area contributed by atoms with Crippen molar-refractivity contribution in [3.8, 4) is 0 Å². The molecule has 3 N–H and O–H groups in total. The molecule has 19 heavy (non-hydrogen) atoms. The van der Waals surface area contributed by atoms with Gasteiger partial charge in [0.15, 0.2) is 0 Å². The van der Waals surface area contributed by atoms with E-state index in [4.69, 9.17) is 5.73 Å². The van der Waals surface area contributed by atoms with E-state index < -0.39 is 0 Å². The second kappa shape index (κ2) is 5.95. The van der Waals surface area contributed by atoms with Crippen molar-refractivity contribution in [1.29, 1.82) is 0 Å². The summed E-state index contributed by atoms with van der Waals surface area (Å²) >= 11 is 3.07. The molecule has 0 radical (unpaired) electrons. The van der Waals surface area contributed by atoms with Crippen molar-refractivity contribution in [2.24, 2.45) is 5.73 Å². The van der Waals surface area contributed by atoms with Crippen LogP contribution in [0.2, 0.25) is 0 Å². The Morgan fingerprint density at radius 1 is 1.21 bits per heavy atom. The second-order valence-electron chi connectivity index (χ2n) is 3.98. The summed E-state index contributed by atoms with van der Waals surface area (Å²) in [7, 11) is 0. The summed E-state index contributed by atoms with van der Waals surface area (Å²) < 4.78 is 13.4. The zero-order valence-electron chi connectivity index (χ0n) is 9.99. The lowest BCUT2D eigenvalue weighted by atomic mass is 10.1. The fraction of sp³-hybridized carbons (Fsp3) is 0.0714. The Morgan fingerprint density at radius 3 is 2.47 bits per heavy atom. The number of anilines is 1. The molecule has 2 aromatic carbocycles. The number of benzene rings is 2. The molecule has 1 amide bonds. The molecule has 3 nitrogen and oxygen atoms in total. The average Bonchev–Trinajstić information content (AvgIpc) is 2.43. The van der Waals surface area contributed by atoms with Crippen molar-refractivity contribution in [2.75, 3.05) is 5.32 Å². The fourth-order valence-electron chi connectivity index (χ4n) is 1.57. The predicted molar refractivity (Wildman–Crippen MR) is 76.4 cm³/mol. The van der Waals surface area contributed by atoms with Crippen LogP contribution < -0.4 is 11.1 Å². The van der Waals surface area contributed by atoms with Crippen LogP contribution in [0.5, 0.6) is 0 Å². The number of nitrogens with two attached hydrogens (primary N) is 1. The van der Waals surface area contributed by atoms with Gasteiger partial charge in [-0.1, -0.05) is 12.1 Å². The highest BCUT2D eigenvalue weighted by molar-refractivity contribution is 9.10. The van der Waals surface area contributed by atoms with Gasteiger partial charge in [-0.2, -0.15) is 0 Å². The van der Waals surface area contributed by atoms with Crippen LogP contribution in [0.15, 0.2) is 46.9 Å². The second-order valence-corrected chi connectivity index (χ2v) is 4.84. The maximum atomic E-state index is 13.1. The molecule has 0 spiro atoms. The summed E-state index contributed by atoms with van der Waals surface area (Å²) in [5.74, 6) is -0.618. The third-order valence-electron chi connectivity index (χ3n) is 2.63. The van der Waals surface area contributed by atoms with Crippen molar-refractivity contribution in [1.82, 2.24) is 0 Å². The molecule has 0 aliphatic heterocycles. The zero-order valence-corrected chi connectivity index (χ0v) is 11.6. The lowest BCUT2D eigenvalue weighted by molar-refractivity contribution is 0.102. The van der Waals surface area contributed by atoms with Crippen LogP contribution in [0.3, 0.4) is 0 Å². The maximum Gasteiger partial charge on any atom is 0.255 e. The van der Waals surface area contributed by atoms with Gasteiger partial charge in [0.05, 0.1) is 4.47 Å². The molecule has 2 rings (SSSR count). The number of carbonyl (C=O) groups is 1. The highest BCUT2D eigenvalue weighted by Crippen LogP contribution is 2.20. The number of amides is 1. The van der Waals surface area contributed by atoms with Crippen molar-refractivity contribution in [3.05, 3.63) is 63.9 Å². The van der Waals surface area contributed by atoms with Gasteiger partial charge in [-0.3, -0.25) is 4.79 Å². The minimum absolute atomic E-state index is 0.248. The molecule has 98 valence electrons. The normalized spacial score (nSPS) is 10.3. The van der Waals surface area contributed by atoms with E-state index in [9.17, 15) is 9.18 Å². The van der Waals surface area contributed by atoms with E-state index in [0.717, 1.165) is 5.56 Å². The Morgan fingerprint density at radius 2 is 1.89 bits per heavy atom. The Kier molecular flexibility index (Phi) is 4.29. The Hall–Kier alpha value is -1.72. The first-order valence-corrected chi connectivity index (χ1v) is 6.45. The first-order valence-electron chi connectivity index (χ1n) is 5.65. The Labute approximate surface area is 118 Å². The molecule has 2 aromatic rings. The van der Waals surface area contributed by atoms with Gasteiger partial charge in [-0.05, 0) is 51.8 Å². The first kappa shape index (κ1) is 13.7. The van der Waals surface area contributed by atoms with Crippen LogP contribution in [0.4, 0.5) is 10.1 Å². The monoisotopic (exact) mass is 322 g/mol. The van der Waals surface area contributed by atoms with Crippen molar-refractivity contribution in [2.45, 2.75) is 6.54 Å². The van der Waals surface area contributed by atoms with E-state index >= 15 is 0 Å². The van der Waals surface area contributed by atoms with Crippen LogP contribution in [0.1, 0.15) is 15.9 Å². The summed E-state index contributed by atoms with van der Waals surface area (Å²) in [6, 6.07) is 11.3. The van der Waals surface area contributed by atoms with Gasteiger partial charge in [0.2, 0.25) is 0 Å².